The average Bonchev–Trinajstić information content (AvgIpc) is 2.52. The number of furan rings is 1. The van der Waals surface area contributed by atoms with Crippen molar-refractivity contribution in [1.82, 2.24) is 4.90 Å². The molecule has 4 nitrogen and oxygen atoms in total. The minimum Gasteiger partial charge on any atom is -0.466 e. The molecule has 0 saturated heterocycles. The summed E-state index contributed by atoms with van der Waals surface area (Å²) in [6.07, 6.45) is 0. The molecular formula is C13H20BrNO3. The number of alkyl halides is 1. The van der Waals surface area contributed by atoms with Gasteiger partial charge in [0.1, 0.15) is 11.5 Å². The van der Waals surface area contributed by atoms with Crippen LogP contribution in [0.1, 0.15) is 27.4 Å². The predicted molar refractivity (Wildman–Crippen MR) is 74.5 cm³/mol. The Morgan fingerprint density at radius 1 is 1.39 bits per heavy atom. The summed E-state index contributed by atoms with van der Waals surface area (Å²) in [4.78, 5) is 14.2. The molecule has 1 aromatic rings. The lowest BCUT2D eigenvalue weighted by Crippen LogP contribution is -2.34. The van der Waals surface area contributed by atoms with Crippen molar-refractivity contribution in [3.63, 3.8) is 0 Å². The molecule has 0 bridgehead atoms. The maximum absolute atomic E-state index is 12.3. The molecule has 0 spiro atoms. The van der Waals surface area contributed by atoms with Crippen molar-refractivity contribution in [3.05, 3.63) is 22.6 Å². The zero-order chi connectivity index (χ0) is 13.9. The lowest BCUT2D eigenvalue weighted by atomic mass is 10.1. The zero-order valence-corrected chi connectivity index (χ0v) is 13.1. The van der Waals surface area contributed by atoms with E-state index in [4.69, 9.17) is 9.15 Å². The standard InChI is InChI=1S/C13H20BrNO3/c1-8-9(2)18-10(3)12(8)13(16)15(4)6-11(14)7-17-5/h11H,6-7H2,1-5H3. The van der Waals surface area contributed by atoms with Crippen LogP contribution in [0.15, 0.2) is 4.42 Å². The molecule has 1 atom stereocenters. The Morgan fingerprint density at radius 2 is 2.00 bits per heavy atom. The van der Waals surface area contributed by atoms with Gasteiger partial charge in [-0.1, -0.05) is 15.9 Å². The fraction of sp³-hybridized carbons (Fsp3) is 0.615. The second-order valence-corrected chi connectivity index (χ2v) is 5.75. The number of carbonyl (C=O) groups excluding carboxylic acids is 1. The molecule has 1 unspecified atom stereocenters. The minimum atomic E-state index is -0.0117. The molecule has 0 saturated carbocycles. The van der Waals surface area contributed by atoms with Gasteiger partial charge in [-0.3, -0.25) is 4.79 Å². The molecule has 1 amide bonds. The van der Waals surface area contributed by atoms with Crippen molar-refractivity contribution < 1.29 is 13.9 Å². The van der Waals surface area contributed by atoms with E-state index in [1.54, 1.807) is 19.1 Å². The lowest BCUT2D eigenvalue weighted by Gasteiger charge is -2.20. The quantitative estimate of drug-likeness (QED) is 0.784. The molecule has 1 aromatic heterocycles. The van der Waals surface area contributed by atoms with Gasteiger partial charge in [-0.05, 0) is 20.8 Å². The topological polar surface area (TPSA) is 42.7 Å². The Balaban J connectivity index is 2.80. The number of methoxy groups -OCH3 is 1. The molecule has 1 heterocycles. The van der Waals surface area contributed by atoms with Gasteiger partial charge in [-0.15, -0.1) is 0 Å². The lowest BCUT2D eigenvalue weighted by molar-refractivity contribution is 0.0782. The Hall–Kier alpha value is -0.810. The van der Waals surface area contributed by atoms with Gasteiger partial charge in [0.15, 0.2) is 0 Å². The first-order valence-corrected chi connectivity index (χ1v) is 6.75. The van der Waals surface area contributed by atoms with Crippen LogP contribution in [-0.2, 0) is 4.74 Å². The smallest absolute Gasteiger partial charge is 0.257 e. The number of halogens is 1. The van der Waals surface area contributed by atoms with E-state index in [1.807, 2.05) is 20.8 Å². The summed E-state index contributed by atoms with van der Waals surface area (Å²) >= 11 is 3.48. The number of hydrogen-bond donors (Lipinski definition) is 0. The first-order valence-electron chi connectivity index (χ1n) is 5.83. The van der Waals surface area contributed by atoms with Crippen LogP contribution in [0.3, 0.4) is 0 Å². The molecule has 0 aliphatic heterocycles. The van der Waals surface area contributed by atoms with Crippen LogP contribution < -0.4 is 0 Å². The Bertz CT molecular complexity index is 428. The van der Waals surface area contributed by atoms with Crippen molar-refractivity contribution >= 4 is 21.8 Å². The number of carbonyl (C=O) groups is 1. The summed E-state index contributed by atoms with van der Waals surface area (Å²) in [5.74, 6) is 1.47. The van der Waals surface area contributed by atoms with Crippen LogP contribution in [0.2, 0.25) is 0 Å². The highest BCUT2D eigenvalue weighted by atomic mass is 79.9. The highest BCUT2D eigenvalue weighted by Gasteiger charge is 2.22. The van der Waals surface area contributed by atoms with Gasteiger partial charge in [-0.25, -0.2) is 0 Å². The molecule has 0 aromatic carbocycles. The molecule has 0 radical (unpaired) electrons. The van der Waals surface area contributed by atoms with E-state index in [2.05, 4.69) is 15.9 Å². The molecule has 1 rings (SSSR count). The second kappa shape index (κ2) is 6.38. The maximum atomic E-state index is 12.3. The van der Waals surface area contributed by atoms with Crippen LogP contribution in [-0.4, -0.2) is 42.9 Å². The van der Waals surface area contributed by atoms with Crippen LogP contribution in [0, 0.1) is 20.8 Å². The Kier molecular flexibility index (Phi) is 5.41. The predicted octanol–water partition coefficient (Wildman–Crippen LogP) is 2.69. The molecule has 5 heteroatoms. The maximum Gasteiger partial charge on any atom is 0.257 e. The van der Waals surface area contributed by atoms with Gasteiger partial charge < -0.3 is 14.1 Å². The molecule has 102 valence electrons. The largest absolute Gasteiger partial charge is 0.466 e. The number of nitrogens with zero attached hydrogens (tertiary/aromatic N) is 1. The number of rotatable bonds is 5. The number of hydrogen-bond acceptors (Lipinski definition) is 3. The fourth-order valence-corrected chi connectivity index (χ4v) is 2.61. The number of aryl methyl sites for hydroxylation is 2. The van der Waals surface area contributed by atoms with Crippen molar-refractivity contribution in [2.45, 2.75) is 25.6 Å². The highest BCUT2D eigenvalue weighted by molar-refractivity contribution is 9.09. The Morgan fingerprint density at radius 3 is 2.44 bits per heavy atom. The molecule has 0 N–H and O–H groups in total. The van der Waals surface area contributed by atoms with E-state index in [-0.39, 0.29) is 10.7 Å². The van der Waals surface area contributed by atoms with Gasteiger partial charge >= 0.3 is 0 Å². The summed E-state index contributed by atoms with van der Waals surface area (Å²) in [5.41, 5.74) is 1.59. The molecule has 0 fully saturated rings. The third-order valence-corrected chi connectivity index (χ3v) is 3.50. The Labute approximate surface area is 116 Å². The molecular weight excluding hydrogens is 298 g/mol. The SMILES string of the molecule is COCC(Br)CN(C)C(=O)c1c(C)oc(C)c1C. The van der Waals surface area contributed by atoms with Crippen molar-refractivity contribution in [2.75, 3.05) is 27.3 Å². The van der Waals surface area contributed by atoms with Crippen molar-refractivity contribution in [2.24, 2.45) is 0 Å². The van der Waals surface area contributed by atoms with Gasteiger partial charge in [0, 0.05) is 26.3 Å². The molecule has 18 heavy (non-hydrogen) atoms. The number of ether oxygens (including phenoxy) is 1. The average molecular weight is 318 g/mol. The van der Waals surface area contributed by atoms with E-state index in [0.717, 1.165) is 11.3 Å². The van der Waals surface area contributed by atoms with Gasteiger partial charge in [0.25, 0.3) is 5.91 Å². The molecule has 0 aliphatic rings. The minimum absolute atomic E-state index is 0.0117. The summed E-state index contributed by atoms with van der Waals surface area (Å²) in [7, 11) is 3.43. The fourth-order valence-electron chi connectivity index (χ4n) is 1.91. The van der Waals surface area contributed by atoms with Gasteiger partial charge in [0.05, 0.1) is 17.0 Å². The van der Waals surface area contributed by atoms with Crippen LogP contribution in [0.5, 0.6) is 0 Å². The third-order valence-electron chi connectivity index (χ3n) is 2.94. The second-order valence-electron chi connectivity index (χ2n) is 4.45. The van der Waals surface area contributed by atoms with Crippen LogP contribution in [0.25, 0.3) is 0 Å². The first-order chi connectivity index (χ1) is 8.38. The summed E-state index contributed by atoms with van der Waals surface area (Å²) in [6.45, 7) is 6.77. The van der Waals surface area contributed by atoms with E-state index in [9.17, 15) is 4.79 Å². The van der Waals surface area contributed by atoms with E-state index < -0.39 is 0 Å². The normalized spacial score (nSPS) is 12.6. The monoisotopic (exact) mass is 317 g/mol. The van der Waals surface area contributed by atoms with E-state index >= 15 is 0 Å². The van der Waals surface area contributed by atoms with Gasteiger partial charge in [0.2, 0.25) is 0 Å². The van der Waals surface area contributed by atoms with Gasteiger partial charge in [-0.2, -0.15) is 0 Å². The van der Waals surface area contributed by atoms with E-state index in [0.29, 0.717) is 24.5 Å². The zero-order valence-electron chi connectivity index (χ0n) is 11.5. The third kappa shape index (κ3) is 3.36. The van der Waals surface area contributed by atoms with Crippen LogP contribution >= 0.6 is 15.9 Å². The summed E-state index contributed by atoms with van der Waals surface area (Å²) < 4.78 is 10.5. The number of amides is 1. The highest BCUT2D eigenvalue weighted by Crippen LogP contribution is 2.22. The summed E-state index contributed by atoms with van der Waals surface area (Å²) in [5, 5.41) is 0. The van der Waals surface area contributed by atoms with E-state index in [1.165, 1.54) is 0 Å². The molecule has 0 aliphatic carbocycles. The summed E-state index contributed by atoms with van der Waals surface area (Å²) in [6, 6.07) is 0. The van der Waals surface area contributed by atoms with Crippen molar-refractivity contribution in [1.29, 1.82) is 0 Å². The first kappa shape index (κ1) is 15.2. The van der Waals surface area contributed by atoms with Crippen molar-refractivity contribution in [3.8, 4) is 0 Å². The van der Waals surface area contributed by atoms with Crippen LogP contribution in [0.4, 0.5) is 0 Å².